The summed E-state index contributed by atoms with van der Waals surface area (Å²) in [6.45, 7) is 0. The van der Waals surface area contributed by atoms with Gasteiger partial charge in [0.2, 0.25) is 0 Å². The van der Waals surface area contributed by atoms with Gasteiger partial charge < -0.3 is 4.74 Å². The summed E-state index contributed by atoms with van der Waals surface area (Å²) >= 11 is 3.39. The van der Waals surface area contributed by atoms with E-state index in [1.807, 2.05) is 24.3 Å². The first-order chi connectivity index (χ1) is 6.34. The largest absolute Gasteiger partial charge is 0.462 e. The molecule has 0 amide bonds. The van der Waals surface area contributed by atoms with Gasteiger partial charge in [0.25, 0.3) is 0 Å². The summed E-state index contributed by atoms with van der Waals surface area (Å²) < 4.78 is 6.75. The Kier molecular flexibility index (Phi) is 2.69. The predicted molar refractivity (Wildman–Crippen MR) is 56.7 cm³/mol. The molecule has 0 saturated carbocycles. The molecule has 0 radical (unpaired) electrons. The van der Waals surface area contributed by atoms with E-state index >= 15 is 0 Å². The number of rotatable bonds is 2. The van der Waals surface area contributed by atoms with Crippen LogP contribution in [0.4, 0.5) is 0 Å². The highest BCUT2D eigenvalue weighted by atomic mass is 79.9. The third kappa shape index (κ3) is 2.34. The summed E-state index contributed by atoms with van der Waals surface area (Å²) in [4.78, 5) is 0. The minimum Gasteiger partial charge on any atom is -0.462 e. The number of ether oxygens (including phenoxy) is 1. The van der Waals surface area contributed by atoms with Crippen LogP contribution in [0.15, 0.2) is 40.6 Å². The van der Waals surface area contributed by atoms with E-state index in [2.05, 4.69) is 22.0 Å². The van der Waals surface area contributed by atoms with Crippen molar-refractivity contribution in [3.63, 3.8) is 0 Å². The lowest BCUT2D eigenvalue weighted by atomic mass is 10.3. The van der Waals surface area contributed by atoms with Gasteiger partial charge in [-0.2, -0.15) is 0 Å². The molecule has 68 valence electrons. The molecular formula is C11H11BrO. The lowest BCUT2D eigenvalue weighted by Crippen LogP contribution is -1.90. The van der Waals surface area contributed by atoms with Crippen LogP contribution >= 0.6 is 15.9 Å². The van der Waals surface area contributed by atoms with Crippen molar-refractivity contribution in [2.24, 2.45) is 0 Å². The number of benzene rings is 1. The van der Waals surface area contributed by atoms with Crippen molar-refractivity contribution in [3.05, 3.63) is 40.6 Å². The number of hydrogen-bond donors (Lipinski definition) is 0. The van der Waals surface area contributed by atoms with Crippen molar-refractivity contribution in [2.75, 3.05) is 0 Å². The van der Waals surface area contributed by atoms with Gasteiger partial charge in [0.15, 0.2) is 0 Å². The van der Waals surface area contributed by atoms with Crippen molar-refractivity contribution in [1.82, 2.24) is 0 Å². The molecule has 2 heteroatoms. The SMILES string of the molecule is Brc1ccc(OC2=CCCC2)cc1. The van der Waals surface area contributed by atoms with E-state index in [9.17, 15) is 0 Å². The molecule has 0 heterocycles. The Morgan fingerprint density at radius 2 is 1.92 bits per heavy atom. The predicted octanol–water partition coefficient (Wildman–Crippen LogP) is 3.90. The Balaban J connectivity index is 2.05. The van der Waals surface area contributed by atoms with E-state index in [1.54, 1.807) is 0 Å². The van der Waals surface area contributed by atoms with Gasteiger partial charge in [-0.25, -0.2) is 0 Å². The van der Waals surface area contributed by atoms with Crippen molar-refractivity contribution < 1.29 is 4.74 Å². The molecule has 1 aromatic carbocycles. The van der Waals surface area contributed by atoms with Crippen LogP contribution in [0.2, 0.25) is 0 Å². The van der Waals surface area contributed by atoms with E-state index < -0.39 is 0 Å². The van der Waals surface area contributed by atoms with Gasteiger partial charge in [-0.15, -0.1) is 0 Å². The molecule has 13 heavy (non-hydrogen) atoms. The zero-order chi connectivity index (χ0) is 9.10. The maximum absolute atomic E-state index is 5.67. The van der Waals surface area contributed by atoms with Crippen LogP contribution in [0.1, 0.15) is 19.3 Å². The van der Waals surface area contributed by atoms with Crippen LogP contribution in [0, 0.1) is 0 Å². The monoisotopic (exact) mass is 238 g/mol. The van der Waals surface area contributed by atoms with Crippen LogP contribution in [0.3, 0.4) is 0 Å². The van der Waals surface area contributed by atoms with Gasteiger partial charge in [-0.3, -0.25) is 0 Å². The Labute approximate surface area is 86.5 Å². The van der Waals surface area contributed by atoms with E-state index in [-0.39, 0.29) is 0 Å². The Bertz CT molecular complexity index is 313. The average molecular weight is 239 g/mol. The fraction of sp³-hybridized carbons (Fsp3) is 0.273. The molecule has 0 atom stereocenters. The summed E-state index contributed by atoms with van der Waals surface area (Å²) in [5.41, 5.74) is 0. The smallest absolute Gasteiger partial charge is 0.126 e. The molecule has 0 fully saturated rings. The second kappa shape index (κ2) is 3.97. The summed E-state index contributed by atoms with van der Waals surface area (Å²) in [6, 6.07) is 7.93. The Morgan fingerprint density at radius 1 is 1.15 bits per heavy atom. The van der Waals surface area contributed by atoms with Crippen LogP contribution in [-0.4, -0.2) is 0 Å². The molecule has 1 aliphatic carbocycles. The van der Waals surface area contributed by atoms with Crippen LogP contribution in [-0.2, 0) is 0 Å². The standard InChI is InChI=1S/C11H11BrO/c12-9-5-7-11(8-6-9)13-10-3-1-2-4-10/h3,5-8H,1-2,4H2. The maximum atomic E-state index is 5.67. The van der Waals surface area contributed by atoms with Gasteiger partial charge in [-0.1, -0.05) is 15.9 Å². The van der Waals surface area contributed by atoms with Crippen molar-refractivity contribution >= 4 is 15.9 Å². The molecule has 0 N–H and O–H groups in total. The second-order valence-electron chi connectivity index (χ2n) is 3.12. The Morgan fingerprint density at radius 3 is 2.54 bits per heavy atom. The quantitative estimate of drug-likeness (QED) is 0.760. The van der Waals surface area contributed by atoms with Crippen LogP contribution < -0.4 is 4.74 Å². The molecule has 0 aliphatic heterocycles. The first-order valence-corrected chi connectivity index (χ1v) is 5.26. The summed E-state index contributed by atoms with van der Waals surface area (Å²) in [6.07, 6.45) is 5.63. The summed E-state index contributed by atoms with van der Waals surface area (Å²) in [7, 11) is 0. The van der Waals surface area contributed by atoms with Gasteiger partial charge in [0.1, 0.15) is 11.5 Å². The fourth-order valence-electron chi connectivity index (χ4n) is 1.39. The van der Waals surface area contributed by atoms with Gasteiger partial charge in [0.05, 0.1) is 0 Å². The number of halogens is 1. The minimum absolute atomic E-state index is 0.927. The van der Waals surface area contributed by atoms with E-state index in [0.29, 0.717) is 0 Å². The highest BCUT2D eigenvalue weighted by molar-refractivity contribution is 9.10. The third-order valence-corrected chi connectivity index (χ3v) is 2.59. The lowest BCUT2D eigenvalue weighted by molar-refractivity contribution is 0.411. The zero-order valence-corrected chi connectivity index (χ0v) is 8.88. The molecule has 1 nitrogen and oxygen atoms in total. The fourth-order valence-corrected chi connectivity index (χ4v) is 1.65. The minimum atomic E-state index is 0.927. The lowest BCUT2D eigenvalue weighted by Gasteiger charge is -2.05. The van der Waals surface area contributed by atoms with E-state index in [0.717, 1.165) is 28.8 Å². The van der Waals surface area contributed by atoms with Crippen LogP contribution in [0.25, 0.3) is 0 Å². The third-order valence-electron chi connectivity index (χ3n) is 2.06. The van der Waals surface area contributed by atoms with Gasteiger partial charge in [-0.05, 0) is 43.2 Å². The maximum Gasteiger partial charge on any atom is 0.126 e. The molecule has 1 aliphatic rings. The van der Waals surface area contributed by atoms with Gasteiger partial charge in [0, 0.05) is 10.9 Å². The molecule has 0 bridgehead atoms. The zero-order valence-electron chi connectivity index (χ0n) is 7.29. The first-order valence-electron chi connectivity index (χ1n) is 4.47. The molecule has 0 spiro atoms. The second-order valence-corrected chi connectivity index (χ2v) is 4.03. The van der Waals surface area contributed by atoms with Gasteiger partial charge >= 0.3 is 0 Å². The van der Waals surface area contributed by atoms with Crippen molar-refractivity contribution in [1.29, 1.82) is 0 Å². The molecule has 2 rings (SSSR count). The van der Waals surface area contributed by atoms with E-state index in [1.165, 1.54) is 6.42 Å². The average Bonchev–Trinajstić information content (AvgIpc) is 2.62. The molecule has 0 aromatic heterocycles. The highest BCUT2D eigenvalue weighted by Gasteiger charge is 2.05. The Hall–Kier alpha value is -0.760. The normalized spacial score (nSPS) is 15.6. The molecule has 0 saturated heterocycles. The van der Waals surface area contributed by atoms with Crippen molar-refractivity contribution in [2.45, 2.75) is 19.3 Å². The van der Waals surface area contributed by atoms with E-state index in [4.69, 9.17) is 4.74 Å². The number of hydrogen-bond acceptors (Lipinski definition) is 1. The van der Waals surface area contributed by atoms with Crippen molar-refractivity contribution in [3.8, 4) is 5.75 Å². The molecular weight excluding hydrogens is 228 g/mol. The molecule has 0 unspecified atom stereocenters. The van der Waals surface area contributed by atoms with Crippen LogP contribution in [0.5, 0.6) is 5.75 Å². The summed E-state index contributed by atoms with van der Waals surface area (Å²) in [5, 5.41) is 0. The highest BCUT2D eigenvalue weighted by Crippen LogP contribution is 2.23. The summed E-state index contributed by atoms with van der Waals surface area (Å²) in [5.74, 6) is 2.04. The number of allylic oxidation sites excluding steroid dienone is 2. The first kappa shape index (κ1) is 8.82. The molecule has 1 aromatic rings. The topological polar surface area (TPSA) is 9.23 Å².